The van der Waals surface area contributed by atoms with Gasteiger partial charge in [-0.3, -0.25) is 4.79 Å². The molecule has 6 nitrogen and oxygen atoms in total. The van der Waals surface area contributed by atoms with Crippen molar-refractivity contribution < 1.29 is 14.3 Å². The molecule has 0 unspecified atom stereocenters. The molecule has 26 heavy (non-hydrogen) atoms. The standard InChI is InChI=1S/C20H23N3O3/c1-25-17-7-8-18(26-2)15(13-17)6-9-20(24)21-11-10-16-14-23-12-4-3-5-19(23)22-16/h3-5,7-8,12-14H,6,9-11H2,1-2H3,(H,21,24). The Bertz CT molecular complexity index is 856. The van der Waals surface area contributed by atoms with Crippen molar-refractivity contribution in [3.8, 4) is 11.5 Å². The maximum absolute atomic E-state index is 12.1. The highest BCUT2D eigenvalue weighted by atomic mass is 16.5. The zero-order chi connectivity index (χ0) is 18.4. The Morgan fingerprint density at radius 2 is 2.04 bits per heavy atom. The largest absolute Gasteiger partial charge is 0.497 e. The number of carbonyl (C=O) groups excluding carboxylic acids is 1. The number of fused-ring (bicyclic) bond motifs is 1. The summed E-state index contributed by atoms with van der Waals surface area (Å²) in [6.45, 7) is 0.567. The van der Waals surface area contributed by atoms with E-state index in [-0.39, 0.29) is 5.91 Å². The average Bonchev–Trinajstić information content (AvgIpc) is 3.08. The Balaban J connectivity index is 1.48. The third kappa shape index (κ3) is 4.33. The number of ether oxygens (including phenoxy) is 2. The minimum Gasteiger partial charge on any atom is -0.497 e. The predicted octanol–water partition coefficient (Wildman–Crippen LogP) is 2.64. The summed E-state index contributed by atoms with van der Waals surface area (Å²) < 4.78 is 12.6. The van der Waals surface area contributed by atoms with Crippen LogP contribution in [0.1, 0.15) is 17.7 Å². The van der Waals surface area contributed by atoms with Crippen molar-refractivity contribution in [2.75, 3.05) is 20.8 Å². The van der Waals surface area contributed by atoms with Gasteiger partial charge in [-0.15, -0.1) is 0 Å². The summed E-state index contributed by atoms with van der Waals surface area (Å²) >= 11 is 0. The van der Waals surface area contributed by atoms with Crippen LogP contribution in [0.2, 0.25) is 0 Å². The molecular weight excluding hydrogens is 330 g/mol. The van der Waals surface area contributed by atoms with Gasteiger partial charge in [0.2, 0.25) is 5.91 Å². The Morgan fingerprint density at radius 1 is 1.15 bits per heavy atom. The lowest BCUT2D eigenvalue weighted by Gasteiger charge is -2.10. The Labute approximate surface area is 152 Å². The molecule has 0 saturated heterocycles. The minimum absolute atomic E-state index is 0.0126. The Hall–Kier alpha value is -3.02. The van der Waals surface area contributed by atoms with Gasteiger partial charge in [0.1, 0.15) is 17.1 Å². The van der Waals surface area contributed by atoms with Gasteiger partial charge in [-0.25, -0.2) is 4.98 Å². The van der Waals surface area contributed by atoms with E-state index < -0.39 is 0 Å². The minimum atomic E-state index is 0.0126. The first-order chi connectivity index (χ1) is 12.7. The topological polar surface area (TPSA) is 64.9 Å². The van der Waals surface area contributed by atoms with Gasteiger partial charge in [0.15, 0.2) is 0 Å². The lowest BCUT2D eigenvalue weighted by Crippen LogP contribution is -2.26. The molecule has 3 aromatic rings. The molecular formula is C20H23N3O3. The molecule has 0 aliphatic carbocycles. The lowest BCUT2D eigenvalue weighted by molar-refractivity contribution is -0.121. The summed E-state index contributed by atoms with van der Waals surface area (Å²) in [6.07, 6.45) is 5.65. The number of amides is 1. The number of aryl methyl sites for hydroxylation is 1. The van der Waals surface area contributed by atoms with Gasteiger partial charge in [0.05, 0.1) is 19.9 Å². The Kier molecular flexibility index (Phi) is 5.73. The van der Waals surface area contributed by atoms with E-state index in [1.165, 1.54) is 0 Å². The summed E-state index contributed by atoms with van der Waals surface area (Å²) in [7, 11) is 3.25. The third-order valence-electron chi connectivity index (χ3n) is 4.23. The summed E-state index contributed by atoms with van der Waals surface area (Å²) in [5, 5.41) is 2.95. The highest BCUT2D eigenvalue weighted by molar-refractivity contribution is 5.76. The number of benzene rings is 1. The van der Waals surface area contributed by atoms with E-state index in [2.05, 4.69) is 10.3 Å². The lowest BCUT2D eigenvalue weighted by atomic mass is 10.1. The second-order valence-corrected chi connectivity index (χ2v) is 5.98. The van der Waals surface area contributed by atoms with Crippen LogP contribution in [-0.2, 0) is 17.6 Å². The number of hydrogen-bond donors (Lipinski definition) is 1. The molecule has 0 bridgehead atoms. The fraction of sp³-hybridized carbons (Fsp3) is 0.300. The summed E-state index contributed by atoms with van der Waals surface area (Å²) in [5.74, 6) is 1.54. The molecule has 3 rings (SSSR count). The number of rotatable bonds is 8. The number of pyridine rings is 1. The Morgan fingerprint density at radius 3 is 2.81 bits per heavy atom. The van der Waals surface area contributed by atoms with Gasteiger partial charge in [-0.1, -0.05) is 6.07 Å². The van der Waals surface area contributed by atoms with E-state index in [1.54, 1.807) is 14.2 Å². The van der Waals surface area contributed by atoms with Crippen LogP contribution in [-0.4, -0.2) is 36.1 Å². The van der Waals surface area contributed by atoms with Crippen LogP contribution in [0.5, 0.6) is 11.5 Å². The van der Waals surface area contributed by atoms with Crippen molar-refractivity contribution >= 4 is 11.6 Å². The van der Waals surface area contributed by atoms with Gasteiger partial charge in [-0.05, 0) is 42.3 Å². The van der Waals surface area contributed by atoms with Crippen molar-refractivity contribution in [2.45, 2.75) is 19.3 Å². The first kappa shape index (κ1) is 17.8. The summed E-state index contributed by atoms with van der Waals surface area (Å²) in [5.41, 5.74) is 2.84. The molecule has 136 valence electrons. The molecule has 0 atom stereocenters. The van der Waals surface area contributed by atoms with Crippen molar-refractivity contribution in [1.82, 2.24) is 14.7 Å². The second kappa shape index (κ2) is 8.38. The van der Waals surface area contributed by atoms with E-state index in [0.717, 1.165) is 28.4 Å². The van der Waals surface area contributed by atoms with Crippen LogP contribution < -0.4 is 14.8 Å². The van der Waals surface area contributed by atoms with Crippen LogP contribution in [0.25, 0.3) is 5.65 Å². The quantitative estimate of drug-likeness (QED) is 0.676. The van der Waals surface area contributed by atoms with E-state index in [4.69, 9.17) is 9.47 Å². The van der Waals surface area contributed by atoms with Crippen molar-refractivity contribution in [3.05, 3.63) is 60.0 Å². The number of methoxy groups -OCH3 is 2. The van der Waals surface area contributed by atoms with E-state index in [1.807, 2.05) is 53.2 Å². The first-order valence-electron chi connectivity index (χ1n) is 8.60. The number of aromatic nitrogens is 2. The smallest absolute Gasteiger partial charge is 0.220 e. The number of nitrogens with one attached hydrogen (secondary N) is 1. The molecule has 0 aliphatic rings. The predicted molar refractivity (Wildman–Crippen MR) is 99.8 cm³/mol. The molecule has 0 aliphatic heterocycles. The van der Waals surface area contributed by atoms with Gasteiger partial charge < -0.3 is 19.2 Å². The second-order valence-electron chi connectivity index (χ2n) is 5.98. The van der Waals surface area contributed by atoms with Gasteiger partial charge >= 0.3 is 0 Å². The molecule has 6 heteroatoms. The number of hydrogen-bond acceptors (Lipinski definition) is 4. The number of carbonyl (C=O) groups is 1. The first-order valence-corrected chi connectivity index (χ1v) is 8.60. The molecule has 0 spiro atoms. The fourth-order valence-corrected chi connectivity index (χ4v) is 2.85. The average molecular weight is 353 g/mol. The van der Waals surface area contributed by atoms with Crippen LogP contribution >= 0.6 is 0 Å². The highest BCUT2D eigenvalue weighted by Gasteiger charge is 2.09. The number of imidazole rings is 1. The van der Waals surface area contributed by atoms with Crippen LogP contribution in [0.4, 0.5) is 0 Å². The van der Waals surface area contributed by atoms with E-state index in [9.17, 15) is 4.79 Å². The van der Waals surface area contributed by atoms with Crippen molar-refractivity contribution in [2.24, 2.45) is 0 Å². The molecule has 1 amide bonds. The molecule has 2 aromatic heterocycles. The zero-order valence-corrected chi connectivity index (χ0v) is 15.1. The van der Waals surface area contributed by atoms with Crippen LogP contribution in [0, 0.1) is 0 Å². The van der Waals surface area contributed by atoms with Crippen molar-refractivity contribution in [1.29, 1.82) is 0 Å². The van der Waals surface area contributed by atoms with Gasteiger partial charge in [0.25, 0.3) is 0 Å². The third-order valence-corrected chi connectivity index (χ3v) is 4.23. The van der Waals surface area contributed by atoms with Crippen LogP contribution in [0.3, 0.4) is 0 Å². The summed E-state index contributed by atoms with van der Waals surface area (Å²) in [6, 6.07) is 11.5. The van der Waals surface area contributed by atoms with Crippen molar-refractivity contribution in [3.63, 3.8) is 0 Å². The molecule has 1 N–H and O–H groups in total. The zero-order valence-electron chi connectivity index (χ0n) is 15.1. The van der Waals surface area contributed by atoms with Crippen LogP contribution in [0.15, 0.2) is 48.8 Å². The van der Waals surface area contributed by atoms with Gasteiger partial charge in [-0.2, -0.15) is 0 Å². The maximum Gasteiger partial charge on any atom is 0.220 e. The molecule has 2 heterocycles. The molecule has 1 aromatic carbocycles. The summed E-state index contributed by atoms with van der Waals surface area (Å²) in [4.78, 5) is 16.7. The van der Waals surface area contributed by atoms with Gasteiger partial charge in [0, 0.05) is 31.8 Å². The molecule has 0 fully saturated rings. The number of nitrogens with zero attached hydrogens (tertiary/aromatic N) is 2. The SMILES string of the molecule is COc1ccc(OC)c(CCC(=O)NCCc2cn3ccccc3n2)c1. The molecule has 0 saturated carbocycles. The van der Waals surface area contributed by atoms with E-state index in [0.29, 0.717) is 25.8 Å². The van der Waals surface area contributed by atoms with E-state index >= 15 is 0 Å². The molecule has 0 radical (unpaired) electrons. The highest BCUT2D eigenvalue weighted by Crippen LogP contribution is 2.25. The maximum atomic E-state index is 12.1. The normalized spacial score (nSPS) is 10.7. The monoisotopic (exact) mass is 353 g/mol. The fourth-order valence-electron chi connectivity index (χ4n) is 2.85.